The van der Waals surface area contributed by atoms with Crippen LogP contribution in [-0.2, 0) is 7.05 Å². The summed E-state index contributed by atoms with van der Waals surface area (Å²) in [4.78, 5) is 2.51. The van der Waals surface area contributed by atoms with E-state index in [1.54, 1.807) is 0 Å². The third kappa shape index (κ3) is 2.40. The first-order chi connectivity index (χ1) is 9.69. The lowest BCUT2D eigenvalue weighted by molar-refractivity contribution is 0.424. The van der Waals surface area contributed by atoms with Crippen LogP contribution in [0.2, 0.25) is 0 Å². The van der Waals surface area contributed by atoms with Crippen LogP contribution >= 0.6 is 0 Å². The molecule has 108 valence electrons. The molecule has 1 saturated heterocycles. The van der Waals surface area contributed by atoms with E-state index in [1.807, 2.05) is 11.7 Å². The minimum atomic E-state index is 0.686. The SMILES string of the molecule is CCNC1CCN(c2ccc(C)c3nn(C)cc23)CC1. The highest BCUT2D eigenvalue weighted by Crippen LogP contribution is 2.30. The molecule has 1 N–H and O–H groups in total. The van der Waals surface area contributed by atoms with Crippen LogP contribution < -0.4 is 10.2 Å². The second kappa shape index (κ2) is 5.44. The predicted octanol–water partition coefficient (Wildman–Crippen LogP) is 2.46. The van der Waals surface area contributed by atoms with Gasteiger partial charge in [0.15, 0.2) is 0 Å². The van der Waals surface area contributed by atoms with Gasteiger partial charge in [-0.25, -0.2) is 0 Å². The molecule has 0 bridgehead atoms. The smallest absolute Gasteiger partial charge is 0.0973 e. The standard InChI is InChI=1S/C16H24N4/c1-4-17-13-7-9-20(10-8-13)15-6-5-12(2)16-14(15)11-19(3)18-16/h5-6,11,13,17H,4,7-10H2,1-3H3. The van der Waals surface area contributed by atoms with Gasteiger partial charge in [-0.3, -0.25) is 4.68 Å². The lowest BCUT2D eigenvalue weighted by Gasteiger charge is -2.34. The Morgan fingerprint density at radius 1 is 1.30 bits per heavy atom. The molecule has 0 spiro atoms. The Morgan fingerprint density at radius 3 is 2.75 bits per heavy atom. The Labute approximate surface area is 120 Å². The number of aryl methyl sites for hydroxylation is 2. The number of aromatic nitrogens is 2. The number of benzene rings is 1. The average Bonchev–Trinajstić information content (AvgIpc) is 2.83. The van der Waals surface area contributed by atoms with Gasteiger partial charge in [0.1, 0.15) is 0 Å². The van der Waals surface area contributed by atoms with Crippen molar-refractivity contribution >= 4 is 16.6 Å². The van der Waals surface area contributed by atoms with Crippen LogP contribution in [0.15, 0.2) is 18.3 Å². The van der Waals surface area contributed by atoms with Gasteiger partial charge in [0.25, 0.3) is 0 Å². The van der Waals surface area contributed by atoms with Gasteiger partial charge in [-0.1, -0.05) is 13.0 Å². The van der Waals surface area contributed by atoms with Crippen molar-refractivity contribution < 1.29 is 0 Å². The largest absolute Gasteiger partial charge is 0.371 e. The van der Waals surface area contributed by atoms with Gasteiger partial charge in [-0.15, -0.1) is 0 Å². The molecule has 0 unspecified atom stereocenters. The van der Waals surface area contributed by atoms with E-state index in [1.165, 1.54) is 29.5 Å². The third-order valence-electron chi connectivity index (χ3n) is 4.30. The van der Waals surface area contributed by atoms with Crippen LogP contribution in [-0.4, -0.2) is 35.5 Å². The van der Waals surface area contributed by atoms with E-state index in [9.17, 15) is 0 Å². The van der Waals surface area contributed by atoms with E-state index in [-0.39, 0.29) is 0 Å². The molecular weight excluding hydrogens is 248 g/mol. The molecule has 4 nitrogen and oxygen atoms in total. The zero-order valence-electron chi connectivity index (χ0n) is 12.7. The average molecular weight is 272 g/mol. The third-order valence-corrected chi connectivity index (χ3v) is 4.30. The maximum Gasteiger partial charge on any atom is 0.0973 e. The van der Waals surface area contributed by atoms with Gasteiger partial charge in [0.05, 0.1) is 5.52 Å². The van der Waals surface area contributed by atoms with Crippen LogP contribution in [0.3, 0.4) is 0 Å². The summed E-state index contributed by atoms with van der Waals surface area (Å²) in [5.41, 5.74) is 3.74. The summed E-state index contributed by atoms with van der Waals surface area (Å²) >= 11 is 0. The van der Waals surface area contributed by atoms with Gasteiger partial charge in [-0.2, -0.15) is 5.10 Å². The van der Waals surface area contributed by atoms with Gasteiger partial charge >= 0.3 is 0 Å². The topological polar surface area (TPSA) is 33.1 Å². The summed E-state index contributed by atoms with van der Waals surface area (Å²) in [5, 5.41) is 9.44. The molecule has 1 fully saturated rings. The summed E-state index contributed by atoms with van der Waals surface area (Å²) in [6.45, 7) is 7.65. The van der Waals surface area contributed by atoms with Crippen molar-refractivity contribution in [3.63, 3.8) is 0 Å². The fourth-order valence-corrected chi connectivity index (χ4v) is 3.23. The number of piperidine rings is 1. The molecule has 4 heteroatoms. The second-order valence-corrected chi connectivity index (χ2v) is 5.79. The molecule has 20 heavy (non-hydrogen) atoms. The second-order valence-electron chi connectivity index (χ2n) is 5.79. The number of rotatable bonds is 3. The van der Waals surface area contributed by atoms with Crippen LogP contribution in [0.5, 0.6) is 0 Å². The van der Waals surface area contributed by atoms with E-state index >= 15 is 0 Å². The predicted molar refractivity (Wildman–Crippen MR) is 84.4 cm³/mol. The normalized spacial score (nSPS) is 17.1. The van der Waals surface area contributed by atoms with Crippen molar-refractivity contribution in [3.05, 3.63) is 23.9 Å². The maximum atomic E-state index is 4.59. The molecule has 1 aliphatic rings. The minimum absolute atomic E-state index is 0.686. The zero-order valence-corrected chi connectivity index (χ0v) is 12.7. The number of hydrogen-bond donors (Lipinski definition) is 1. The molecule has 0 radical (unpaired) electrons. The van der Waals surface area contributed by atoms with Crippen molar-refractivity contribution in [1.29, 1.82) is 0 Å². The summed E-state index contributed by atoms with van der Waals surface area (Å²) in [7, 11) is 2.00. The quantitative estimate of drug-likeness (QED) is 0.931. The first kappa shape index (κ1) is 13.4. The van der Waals surface area contributed by atoms with Gasteiger partial charge in [0, 0.05) is 43.4 Å². The van der Waals surface area contributed by atoms with Crippen LogP contribution in [0.1, 0.15) is 25.3 Å². The molecule has 0 amide bonds. The molecule has 3 rings (SSSR count). The van der Waals surface area contributed by atoms with Crippen LogP contribution in [0.25, 0.3) is 10.9 Å². The summed E-state index contributed by atoms with van der Waals surface area (Å²) < 4.78 is 1.92. The molecule has 1 aliphatic heterocycles. The highest BCUT2D eigenvalue weighted by Gasteiger charge is 2.20. The molecule has 1 aromatic carbocycles. The number of hydrogen-bond acceptors (Lipinski definition) is 3. The minimum Gasteiger partial charge on any atom is -0.371 e. The molecular formula is C16H24N4. The van der Waals surface area contributed by atoms with Crippen molar-refractivity contribution in [2.45, 2.75) is 32.7 Å². The summed E-state index contributed by atoms with van der Waals surface area (Å²) in [6.07, 6.45) is 4.60. The monoisotopic (exact) mass is 272 g/mol. The van der Waals surface area contributed by atoms with Crippen molar-refractivity contribution in [3.8, 4) is 0 Å². The fourth-order valence-electron chi connectivity index (χ4n) is 3.23. The number of anilines is 1. The molecule has 1 aromatic heterocycles. The Morgan fingerprint density at radius 2 is 2.05 bits per heavy atom. The molecule has 0 aliphatic carbocycles. The lowest BCUT2D eigenvalue weighted by Crippen LogP contribution is -2.42. The summed E-state index contributed by atoms with van der Waals surface area (Å²) in [6, 6.07) is 5.14. The van der Waals surface area contributed by atoms with E-state index < -0.39 is 0 Å². The number of fused-ring (bicyclic) bond motifs is 1. The first-order valence-corrected chi connectivity index (χ1v) is 7.60. The first-order valence-electron chi connectivity index (χ1n) is 7.60. The number of nitrogens with zero attached hydrogens (tertiary/aromatic N) is 3. The van der Waals surface area contributed by atoms with Crippen molar-refractivity contribution in [1.82, 2.24) is 15.1 Å². The Balaban J connectivity index is 1.86. The van der Waals surface area contributed by atoms with E-state index in [0.29, 0.717) is 6.04 Å². The van der Waals surface area contributed by atoms with E-state index in [4.69, 9.17) is 0 Å². The van der Waals surface area contributed by atoms with Gasteiger partial charge < -0.3 is 10.2 Å². The molecule has 2 aromatic rings. The fraction of sp³-hybridized carbons (Fsp3) is 0.562. The zero-order chi connectivity index (χ0) is 14.1. The summed E-state index contributed by atoms with van der Waals surface area (Å²) in [5.74, 6) is 0. The molecule has 0 saturated carbocycles. The van der Waals surface area contributed by atoms with Gasteiger partial charge in [0.2, 0.25) is 0 Å². The Kier molecular flexibility index (Phi) is 3.66. The lowest BCUT2D eigenvalue weighted by atomic mass is 10.0. The van der Waals surface area contributed by atoms with E-state index in [2.05, 4.69) is 47.5 Å². The highest BCUT2D eigenvalue weighted by atomic mass is 15.3. The Hall–Kier alpha value is -1.55. The van der Waals surface area contributed by atoms with E-state index in [0.717, 1.165) is 25.2 Å². The molecule has 0 atom stereocenters. The number of nitrogens with one attached hydrogen (secondary N) is 1. The van der Waals surface area contributed by atoms with Crippen LogP contribution in [0, 0.1) is 6.92 Å². The maximum absolute atomic E-state index is 4.59. The molecule has 2 heterocycles. The van der Waals surface area contributed by atoms with Crippen molar-refractivity contribution in [2.24, 2.45) is 7.05 Å². The highest BCUT2D eigenvalue weighted by molar-refractivity contribution is 5.93. The van der Waals surface area contributed by atoms with Crippen molar-refractivity contribution in [2.75, 3.05) is 24.5 Å². The Bertz CT molecular complexity index is 594. The van der Waals surface area contributed by atoms with Crippen LogP contribution in [0.4, 0.5) is 5.69 Å². The van der Waals surface area contributed by atoms with Gasteiger partial charge in [-0.05, 0) is 37.9 Å².